The molecule has 0 unspecified atom stereocenters. The van der Waals surface area contributed by atoms with Gasteiger partial charge in [0.05, 0.1) is 11.0 Å². The summed E-state index contributed by atoms with van der Waals surface area (Å²) < 4.78 is 0. The van der Waals surface area contributed by atoms with Crippen LogP contribution >= 0.6 is 0 Å². The van der Waals surface area contributed by atoms with Crippen LogP contribution in [0.5, 0.6) is 0 Å². The molecule has 4 bridgehead atoms. The van der Waals surface area contributed by atoms with E-state index in [9.17, 15) is 9.59 Å². The maximum atomic E-state index is 13.5. The fourth-order valence-corrected chi connectivity index (χ4v) is 7.45. The number of aromatic amines is 1. The second kappa shape index (κ2) is 8.58. The van der Waals surface area contributed by atoms with E-state index in [1.807, 2.05) is 36.4 Å². The van der Waals surface area contributed by atoms with Gasteiger partial charge >= 0.3 is 0 Å². The van der Waals surface area contributed by atoms with Crippen molar-refractivity contribution in [3.05, 3.63) is 78.6 Å². The zero-order chi connectivity index (χ0) is 25.0. The van der Waals surface area contributed by atoms with Gasteiger partial charge in [0.1, 0.15) is 0 Å². The maximum absolute atomic E-state index is 13.5. The molecule has 186 valence electrons. The molecule has 4 saturated carbocycles. The van der Waals surface area contributed by atoms with E-state index in [-0.39, 0.29) is 17.2 Å². The van der Waals surface area contributed by atoms with Crippen molar-refractivity contribution in [1.82, 2.24) is 9.97 Å². The average Bonchev–Trinajstić information content (AvgIpc) is 3.32. The van der Waals surface area contributed by atoms with E-state index in [4.69, 9.17) is 0 Å². The molecule has 2 aromatic carbocycles. The van der Waals surface area contributed by atoms with Gasteiger partial charge in [-0.1, -0.05) is 12.1 Å². The van der Waals surface area contributed by atoms with Crippen LogP contribution in [0.25, 0.3) is 22.2 Å². The summed E-state index contributed by atoms with van der Waals surface area (Å²) in [6.07, 6.45) is 10.4. The van der Waals surface area contributed by atoms with Gasteiger partial charge in [0, 0.05) is 40.4 Å². The third kappa shape index (κ3) is 4.10. The number of hydrogen-bond acceptors (Lipinski definition) is 3. The van der Waals surface area contributed by atoms with Crippen molar-refractivity contribution < 1.29 is 9.59 Å². The number of nitrogens with zero attached hydrogens (tertiary/aromatic N) is 1. The first-order valence-electron chi connectivity index (χ1n) is 13.3. The standard InChI is InChI=1S/C31H30N4O2/c36-29(23-2-1-9-32-18-23)33-25-5-3-22(4-6-25)28-14-24-13-26(7-8-27(24)35-28)34-30(37)31-15-19-10-20(16-31)12-21(11-19)17-31/h1-9,13-14,18-21,35H,10-12,15-17H2,(H,33,36)(H,34,37). The molecular formula is C31H30N4O2. The Balaban J connectivity index is 1.06. The second-order valence-electron chi connectivity index (χ2n) is 11.4. The van der Waals surface area contributed by atoms with Gasteiger partial charge in [0.25, 0.3) is 5.91 Å². The van der Waals surface area contributed by atoms with Gasteiger partial charge in [0.15, 0.2) is 0 Å². The molecule has 2 heterocycles. The molecule has 4 fully saturated rings. The Hall–Kier alpha value is -3.93. The molecular weight excluding hydrogens is 460 g/mol. The summed E-state index contributed by atoms with van der Waals surface area (Å²) in [4.78, 5) is 33.3. The van der Waals surface area contributed by atoms with Gasteiger partial charge < -0.3 is 15.6 Å². The average molecular weight is 491 g/mol. The molecule has 0 spiro atoms. The number of H-pyrrole nitrogens is 1. The molecule has 6 nitrogen and oxygen atoms in total. The topological polar surface area (TPSA) is 86.9 Å². The quantitative estimate of drug-likeness (QED) is 0.293. The number of hydrogen-bond donors (Lipinski definition) is 3. The lowest BCUT2D eigenvalue weighted by atomic mass is 9.49. The number of pyridine rings is 1. The Morgan fingerprint density at radius 3 is 2.22 bits per heavy atom. The Kier molecular flexibility index (Phi) is 5.17. The number of aromatic nitrogens is 2. The summed E-state index contributed by atoms with van der Waals surface area (Å²) in [5.41, 5.74) is 5.00. The van der Waals surface area contributed by atoms with Gasteiger partial charge in [0.2, 0.25) is 5.91 Å². The number of anilines is 2. The van der Waals surface area contributed by atoms with E-state index in [1.165, 1.54) is 19.3 Å². The summed E-state index contributed by atoms with van der Waals surface area (Å²) >= 11 is 0. The van der Waals surface area contributed by atoms with E-state index in [0.29, 0.717) is 5.56 Å². The lowest BCUT2D eigenvalue weighted by Crippen LogP contribution is -2.51. The van der Waals surface area contributed by atoms with Gasteiger partial charge in [-0.2, -0.15) is 0 Å². The zero-order valence-corrected chi connectivity index (χ0v) is 20.7. The first-order valence-corrected chi connectivity index (χ1v) is 13.3. The van der Waals surface area contributed by atoms with Crippen LogP contribution in [-0.2, 0) is 4.79 Å². The van der Waals surface area contributed by atoms with Crippen molar-refractivity contribution in [3.8, 4) is 11.3 Å². The Morgan fingerprint density at radius 2 is 1.54 bits per heavy atom. The van der Waals surface area contributed by atoms with Crippen molar-refractivity contribution >= 4 is 34.1 Å². The summed E-state index contributed by atoms with van der Waals surface area (Å²) in [5, 5.41) is 7.25. The van der Waals surface area contributed by atoms with Crippen LogP contribution in [0, 0.1) is 23.2 Å². The van der Waals surface area contributed by atoms with E-state index in [2.05, 4.69) is 32.7 Å². The normalized spacial score (nSPS) is 25.8. The molecule has 0 aliphatic heterocycles. The fraction of sp³-hybridized carbons (Fsp3) is 0.323. The molecule has 0 radical (unpaired) electrons. The SMILES string of the molecule is O=C(Nc1ccc(-c2cc3cc(NC(=O)C45CC6CC(CC(C6)C4)C5)ccc3[nH]2)cc1)c1cccnc1. The van der Waals surface area contributed by atoms with Crippen LogP contribution in [0.2, 0.25) is 0 Å². The van der Waals surface area contributed by atoms with Crippen LogP contribution in [0.3, 0.4) is 0 Å². The molecule has 37 heavy (non-hydrogen) atoms. The van der Waals surface area contributed by atoms with E-state index >= 15 is 0 Å². The van der Waals surface area contributed by atoms with E-state index < -0.39 is 0 Å². The number of carbonyl (C=O) groups excluding carboxylic acids is 2. The third-order valence-corrected chi connectivity index (χ3v) is 8.78. The highest BCUT2D eigenvalue weighted by molar-refractivity contribution is 6.04. The number of amides is 2. The van der Waals surface area contributed by atoms with Gasteiger partial charge in [-0.05, 0) is 110 Å². The molecule has 0 saturated heterocycles. The Morgan fingerprint density at radius 1 is 0.838 bits per heavy atom. The third-order valence-electron chi connectivity index (χ3n) is 8.78. The number of nitrogens with one attached hydrogen (secondary N) is 3. The highest BCUT2D eigenvalue weighted by Gasteiger charge is 2.54. The van der Waals surface area contributed by atoms with E-state index in [1.54, 1.807) is 24.5 Å². The predicted octanol–water partition coefficient (Wildman–Crippen LogP) is 6.64. The number of fused-ring (bicyclic) bond motifs is 1. The van der Waals surface area contributed by atoms with Gasteiger partial charge in [-0.15, -0.1) is 0 Å². The zero-order valence-electron chi connectivity index (χ0n) is 20.7. The Bertz CT molecular complexity index is 1450. The minimum atomic E-state index is -0.186. The Labute approximate surface area is 215 Å². The molecule has 4 aliphatic rings. The minimum absolute atomic E-state index is 0.152. The lowest BCUT2D eigenvalue weighted by molar-refractivity contribution is -0.140. The number of benzene rings is 2. The summed E-state index contributed by atoms with van der Waals surface area (Å²) in [6, 6.07) is 19.5. The molecule has 4 aliphatic carbocycles. The molecule has 0 atom stereocenters. The van der Waals surface area contributed by atoms with Crippen LogP contribution in [0.1, 0.15) is 48.9 Å². The fourth-order valence-electron chi connectivity index (χ4n) is 7.45. The van der Waals surface area contributed by atoms with Crippen LogP contribution in [-0.4, -0.2) is 21.8 Å². The van der Waals surface area contributed by atoms with Crippen molar-refractivity contribution in [2.45, 2.75) is 38.5 Å². The maximum Gasteiger partial charge on any atom is 0.257 e. The van der Waals surface area contributed by atoms with E-state index in [0.717, 1.165) is 70.6 Å². The summed E-state index contributed by atoms with van der Waals surface area (Å²) in [5.74, 6) is 2.30. The molecule has 3 N–H and O–H groups in total. The van der Waals surface area contributed by atoms with Crippen LogP contribution in [0.4, 0.5) is 11.4 Å². The molecule has 2 amide bonds. The molecule has 6 heteroatoms. The summed E-state index contributed by atoms with van der Waals surface area (Å²) in [6.45, 7) is 0. The summed E-state index contributed by atoms with van der Waals surface area (Å²) in [7, 11) is 0. The van der Waals surface area contributed by atoms with Crippen molar-refractivity contribution in [2.75, 3.05) is 10.6 Å². The van der Waals surface area contributed by atoms with Crippen LogP contribution in [0.15, 0.2) is 73.1 Å². The molecule has 4 aromatic rings. The molecule has 2 aromatic heterocycles. The monoisotopic (exact) mass is 490 g/mol. The van der Waals surface area contributed by atoms with Gasteiger partial charge in [-0.25, -0.2) is 0 Å². The van der Waals surface area contributed by atoms with Crippen molar-refractivity contribution in [2.24, 2.45) is 23.2 Å². The first-order chi connectivity index (χ1) is 18.0. The van der Waals surface area contributed by atoms with Crippen molar-refractivity contribution in [3.63, 3.8) is 0 Å². The number of rotatable bonds is 5. The number of carbonyl (C=O) groups is 2. The predicted molar refractivity (Wildman–Crippen MR) is 145 cm³/mol. The van der Waals surface area contributed by atoms with Crippen LogP contribution < -0.4 is 10.6 Å². The molecule has 8 rings (SSSR count). The second-order valence-corrected chi connectivity index (χ2v) is 11.4. The first kappa shape index (κ1) is 22.3. The highest BCUT2D eigenvalue weighted by atomic mass is 16.2. The van der Waals surface area contributed by atoms with Gasteiger partial charge in [-0.3, -0.25) is 14.6 Å². The van der Waals surface area contributed by atoms with Crippen molar-refractivity contribution in [1.29, 1.82) is 0 Å². The largest absolute Gasteiger partial charge is 0.355 e. The lowest BCUT2D eigenvalue weighted by Gasteiger charge is -2.55. The highest BCUT2D eigenvalue weighted by Crippen LogP contribution is 2.60. The smallest absolute Gasteiger partial charge is 0.257 e. The minimum Gasteiger partial charge on any atom is -0.355 e.